The lowest BCUT2D eigenvalue weighted by atomic mass is 9.94. The molecule has 1 saturated heterocycles. The highest BCUT2D eigenvalue weighted by molar-refractivity contribution is 9.10. The standard InChI is InChI=1S/C27H18BrFN2O4S/c1-13-9-16-10-15(5-8-20(16)35-13)24(32)22-23(14-3-2-4-17(28)11-14)31(26(34)25(22)33)27-30-19-7-6-18(29)12-21(19)36-27/h2-8,10-13,23,32H,9H2,1H3/b24-22+/t13-,23+/m1/s1. The van der Waals surface area contributed by atoms with Gasteiger partial charge in [-0.05, 0) is 66.6 Å². The van der Waals surface area contributed by atoms with Crippen LogP contribution in [0.1, 0.15) is 29.7 Å². The fourth-order valence-corrected chi connectivity index (χ4v) is 6.17. The number of carbonyl (C=O) groups is 2. The van der Waals surface area contributed by atoms with Crippen LogP contribution in [0.3, 0.4) is 0 Å². The van der Waals surface area contributed by atoms with Crippen molar-refractivity contribution in [1.29, 1.82) is 0 Å². The summed E-state index contributed by atoms with van der Waals surface area (Å²) in [6.07, 6.45) is 0.704. The van der Waals surface area contributed by atoms with Crippen LogP contribution in [0.2, 0.25) is 0 Å². The Morgan fingerprint density at radius 1 is 1.17 bits per heavy atom. The fourth-order valence-electron chi connectivity index (χ4n) is 4.74. The second-order valence-electron chi connectivity index (χ2n) is 8.79. The largest absolute Gasteiger partial charge is 0.507 e. The van der Waals surface area contributed by atoms with Crippen molar-refractivity contribution in [3.8, 4) is 5.75 Å². The molecule has 1 aromatic heterocycles. The quantitative estimate of drug-likeness (QED) is 0.183. The number of rotatable bonds is 3. The second kappa shape index (κ2) is 8.53. The minimum absolute atomic E-state index is 0.0218. The van der Waals surface area contributed by atoms with Crippen LogP contribution in [0, 0.1) is 5.82 Å². The van der Waals surface area contributed by atoms with Gasteiger partial charge in [0.05, 0.1) is 21.8 Å². The summed E-state index contributed by atoms with van der Waals surface area (Å²) in [7, 11) is 0. The normalized spacial score (nSPS) is 20.7. The van der Waals surface area contributed by atoms with E-state index in [1.807, 2.05) is 13.0 Å². The van der Waals surface area contributed by atoms with Crippen LogP contribution in [-0.4, -0.2) is 27.9 Å². The van der Waals surface area contributed by atoms with E-state index in [1.54, 1.807) is 36.4 Å². The molecular formula is C27H18BrFN2O4S. The maximum absolute atomic E-state index is 13.8. The van der Waals surface area contributed by atoms with Gasteiger partial charge in [-0.2, -0.15) is 0 Å². The molecule has 180 valence electrons. The molecular weight excluding hydrogens is 547 g/mol. The minimum Gasteiger partial charge on any atom is -0.507 e. The predicted molar refractivity (Wildman–Crippen MR) is 139 cm³/mol. The highest BCUT2D eigenvalue weighted by Crippen LogP contribution is 2.45. The van der Waals surface area contributed by atoms with E-state index < -0.39 is 23.5 Å². The molecule has 0 aliphatic carbocycles. The van der Waals surface area contributed by atoms with Gasteiger partial charge in [-0.3, -0.25) is 14.5 Å². The fraction of sp³-hybridized carbons (Fsp3) is 0.148. The van der Waals surface area contributed by atoms with Crippen LogP contribution in [0.4, 0.5) is 9.52 Å². The number of carbonyl (C=O) groups excluding carboxylic acids is 2. The maximum Gasteiger partial charge on any atom is 0.301 e. The van der Waals surface area contributed by atoms with E-state index in [9.17, 15) is 19.1 Å². The van der Waals surface area contributed by atoms with Crippen molar-refractivity contribution in [2.45, 2.75) is 25.5 Å². The predicted octanol–water partition coefficient (Wildman–Crippen LogP) is 6.15. The van der Waals surface area contributed by atoms with Crippen LogP contribution in [0.25, 0.3) is 16.0 Å². The third-order valence-electron chi connectivity index (χ3n) is 6.32. The minimum atomic E-state index is -0.920. The van der Waals surface area contributed by atoms with Crippen LogP contribution in [-0.2, 0) is 16.0 Å². The number of anilines is 1. The van der Waals surface area contributed by atoms with Crippen molar-refractivity contribution in [2.24, 2.45) is 0 Å². The van der Waals surface area contributed by atoms with Gasteiger partial charge in [0.15, 0.2) is 5.13 Å². The Labute approximate surface area is 217 Å². The van der Waals surface area contributed by atoms with Crippen molar-refractivity contribution in [1.82, 2.24) is 4.98 Å². The lowest BCUT2D eigenvalue weighted by Crippen LogP contribution is -2.29. The number of nitrogens with zero attached hydrogens (tertiary/aromatic N) is 2. The summed E-state index contributed by atoms with van der Waals surface area (Å²) in [6.45, 7) is 1.96. The summed E-state index contributed by atoms with van der Waals surface area (Å²) in [6, 6.07) is 15.7. The molecule has 2 aliphatic heterocycles. The second-order valence-corrected chi connectivity index (χ2v) is 10.7. The average Bonchev–Trinajstić information content (AvgIpc) is 3.50. The topological polar surface area (TPSA) is 79.7 Å². The number of hydrogen-bond acceptors (Lipinski definition) is 6. The summed E-state index contributed by atoms with van der Waals surface area (Å²) < 4.78 is 20.9. The van der Waals surface area contributed by atoms with Gasteiger partial charge in [-0.1, -0.05) is 39.4 Å². The van der Waals surface area contributed by atoms with Crippen LogP contribution in [0.5, 0.6) is 5.75 Å². The molecule has 4 aromatic rings. The van der Waals surface area contributed by atoms with Crippen LogP contribution >= 0.6 is 27.3 Å². The number of aromatic nitrogens is 1. The number of benzene rings is 3. The molecule has 1 fully saturated rings. The lowest BCUT2D eigenvalue weighted by molar-refractivity contribution is -0.132. The van der Waals surface area contributed by atoms with Gasteiger partial charge in [0, 0.05) is 16.5 Å². The van der Waals surface area contributed by atoms with Gasteiger partial charge >= 0.3 is 5.91 Å². The summed E-state index contributed by atoms with van der Waals surface area (Å²) in [4.78, 5) is 32.6. The Morgan fingerprint density at radius 3 is 2.81 bits per heavy atom. The molecule has 0 unspecified atom stereocenters. The van der Waals surface area contributed by atoms with E-state index in [0.717, 1.165) is 27.1 Å². The third-order valence-corrected chi connectivity index (χ3v) is 7.83. The van der Waals surface area contributed by atoms with E-state index in [0.29, 0.717) is 27.8 Å². The molecule has 1 N–H and O–H groups in total. The molecule has 0 bridgehead atoms. The first-order valence-electron chi connectivity index (χ1n) is 11.2. The number of ether oxygens (including phenoxy) is 1. The Balaban J connectivity index is 1.54. The molecule has 36 heavy (non-hydrogen) atoms. The number of hydrogen-bond donors (Lipinski definition) is 1. The number of amides is 1. The van der Waals surface area contributed by atoms with E-state index in [2.05, 4.69) is 20.9 Å². The third kappa shape index (κ3) is 3.70. The smallest absolute Gasteiger partial charge is 0.301 e. The summed E-state index contributed by atoms with van der Waals surface area (Å²) in [5.41, 5.74) is 2.45. The van der Waals surface area contributed by atoms with Gasteiger partial charge in [0.25, 0.3) is 5.78 Å². The lowest BCUT2D eigenvalue weighted by Gasteiger charge is -2.23. The Morgan fingerprint density at radius 2 is 2.00 bits per heavy atom. The molecule has 9 heteroatoms. The van der Waals surface area contributed by atoms with Gasteiger partial charge < -0.3 is 9.84 Å². The summed E-state index contributed by atoms with van der Waals surface area (Å²) in [5, 5.41) is 11.7. The molecule has 0 spiro atoms. The van der Waals surface area contributed by atoms with E-state index in [1.165, 1.54) is 23.1 Å². The van der Waals surface area contributed by atoms with Crippen molar-refractivity contribution < 1.29 is 23.8 Å². The number of halogens is 2. The highest BCUT2D eigenvalue weighted by Gasteiger charge is 2.48. The first-order valence-corrected chi connectivity index (χ1v) is 12.8. The van der Waals surface area contributed by atoms with Crippen molar-refractivity contribution in [3.05, 3.63) is 93.2 Å². The van der Waals surface area contributed by atoms with Crippen molar-refractivity contribution in [2.75, 3.05) is 4.90 Å². The van der Waals surface area contributed by atoms with Crippen LogP contribution < -0.4 is 9.64 Å². The Kier molecular flexibility index (Phi) is 5.42. The van der Waals surface area contributed by atoms with E-state index in [-0.39, 0.29) is 22.6 Å². The number of aliphatic hydroxyl groups is 1. The number of aliphatic hydroxyl groups excluding tert-OH is 1. The summed E-state index contributed by atoms with van der Waals surface area (Å²) in [5.74, 6) is -1.56. The number of Topliss-reactive ketones (excluding diaryl/α,β-unsaturated/α-hetero) is 1. The zero-order valence-corrected chi connectivity index (χ0v) is 21.3. The van der Waals surface area contributed by atoms with Crippen molar-refractivity contribution in [3.63, 3.8) is 0 Å². The number of fused-ring (bicyclic) bond motifs is 2. The maximum atomic E-state index is 13.8. The van der Waals surface area contributed by atoms with E-state index in [4.69, 9.17) is 4.74 Å². The van der Waals surface area contributed by atoms with Gasteiger partial charge in [-0.25, -0.2) is 9.37 Å². The Hall–Kier alpha value is -3.56. The van der Waals surface area contributed by atoms with Gasteiger partial charge in [-0.15, -0.1) is 0 Å². The molecule has 2 aliphatic rings. The van der Waals surface area contributed by atoms with Crippen LogP contribution in [0.15, 0.2) is 70.7 Å². The zero-order chi connectivity index (χ0) is 25.1. The molecule has 1 amide bonds. The van der Waals surface area contributed by atoms with Crippen molar-refractivity contribution >= 4 is 60.1 Å². The molecule has 6 rings (SSSR count). The Bertz CT molecular complexity index is 1610. The van der Waals surface area contributed by atoms with Gasteiger partial charge in [0.2, 0.25) is 0 Å². The van der Waals surface area contributed by atoms with Gasteiger partial charge in [0.1, 0.15) is 23.4 Å². The molecule has 0 saturated carbocycles. The molecule has 3 aromatic carbocycles. The molecule has 6 nitrogen and oxygen atoms in total. The SMILES string of the molecule is C[C@@H]1Cc2cc(/C(O)=C3\C(=O)C(=O)N(c4nc5ccc(F)cc5s4)[C@H]3c3cccc(Br)c3)ccc2O1. The molecule has 2 atom stereocenters. The molecule has 0 radical (unpaired) electrons. The first kappa shape index (κ1) is 22.9. The average molecular weight is 565 g/mol. The zero-order valence-electron chi connectivity index (χ0n) is 18.9. The number of thiazole rings is 1. The first-order chi connectivity index (χ1) is 17.3. The van der Waals surface area contributed by atoms with E-state index >= 15 is 0 Å². The molecule has 3 heterocycles. The highest BCUT2D eigenvalue weighted by atomic mass is 79.9. The number of ketones is 1. The monoisotopic (exact) mass is 564 g/mol. The summed E-state index contributed by atoms with van der Waals surface area (Å²) >= 11 is 4.57.